The maximum atomic E-state index is 13.1. The molecule has 0 spiro atoms. The topological polar surface area (TPSA) is 118 Å². The van der Waals surface area contributed by atoms with E-state index in [0.29, 0.717) is 6.20 Å². The van der Waals surface area contributed by atoms with E-state index in [4.69, 9.17) is 4.74 Å². The molecule has 4 aromatic heterocycles. The number of fused-ring (bicyclic) bond motifs is 1. The third-order valence-corrected chi connectivity index (χ3v) is 6.45. The van der Waals surface area contributed by atoms with E-state index < -0.39 is 21.6 Å². The van der Waals surface area contributed by atoms with Gasteiger partial charge in [-0.25, -0.2) is 23.4 Å². The number of aromatic nitrogens is 7. The molecule has 0 aliphatic heterocycles. The standard InChI is InChI=1S/C18H16F3N7O3S/c1-4-32(29,30)12-5-6-13(28-9-23-17(26-28)31-3)25-14(12)16-24-11-7-10(18(19,20)21)8-22-15(11)27(16)2/h5-9H,4H2,1-3H3. The highest BCUT2D eigenvalue weighted by atomic mass is 32.2. The number of methoxy groups -OCH3 is 1. The first-order chi connectivity index (χ1) is 15.0. The number of nitrogens with zero attached hydrogens (tertiary/aromatic N) is 7. The van der Waals surface area contributed by atoms with Gasteiger partial charge < -0.3 is 9.30 Å². The lowest BCUT2D eigenvalue weighted by atomic mass is 10.2. The van der Waals surface area contributed by atoms with Crippen LogP contribution in [0, 0.1) is 0 Å². The zero-order chi connectivity index (χ0) is 23.3. The van der Waals surface area contributed by atoms with Crippen molar-refractivity contribution in [3.63, 3.8) is 0 Å². The fourth-order valence-corrected chi connectivity index (χ4v) is 4.04. The first-order valence-corrected chi connectivity index (χ1v) is 10.8. The van der Waals surface area contributed by atoms with Crippen molar-refractivity contribution >= 4 is 21.0 Å². The Hall–Kier alpha value is -3.55. The summed E-state index contributed by atoms with van der Waals surface area (Å²) in [5.74, 6) is 0.0353. The Morgan fingerprint density at radius 2 is 1.91 bits per heavy atom. The van der Waals surface area contributed by atoms with Gasteiger partial charge in [-0.2, -0.15) is 22.8 Å². The molecular formula is C18H16F3N7O3S. The molecule has 0 bridgehead atoms. The normalized spacial score (nSPS) is 12.4. The minimum absolute atomic E-state index is 0.0350. The molecular weight excluding hydrogens is 451 g/mol. The molecule has 0 atom stereocenters. The monoisotopic (exact) mass is 467 g/mol. The maximum Gasteiger partial charge on any atom is 0.417 e. The first-order valence-electron chi connectivity index (χ1n) is 9.15. The number of rotatable bonds is 5. The highest BCUT2D eigenvalue weighted by Crippen LogP contribution is 2.33. The van der Waals surface area contributed by atoms with Gasteiger partial charge in [0.1, 0.15) is 17.5 Å². The summed E-state index contributed by atoms with van der Waals surface area (Å²) in [7, 11) is -0.847. The van der Waals surface area contributed by atoms with Crippen molar-refractivity contribution in [3.8, 4) is 23.3 Å². The minimum Gasteiger partial charge on any atom is -0.466 e. The molecule has 32 heavy (non-hydrogen) atoms. The Balaban J connectivity index is 1.97. The molecule has 0 fully saturated rings. The average Bonchev–Trinajstić information content (AvgIpc) is 3.37. The smallest absolute Gasteiger partial charge is 0.417 e. The van der Waals surface area contributed by atoms with Crippen LogP contribution in [0.4, 0.5) is 13.2 Å². The number of imidazole rings is 1. The van der Waals surface area contributed by atoms with Crippen molar-refractivity contribution in [1.29, 1.82) is 0 Å². The van der Waals surface area contributed by atoms with Crippen LogP contribution >= 0.6 is 0 Å². The van der Waals surface area contributed by atoms with Crippen LogP contribution in [0.1, 0.15) is 12.5 Å². The first kappa shape index (κ1) is 21.7. The predicted molar refractivity (Wildman–Crippen MR) is 106 cm³/mol. The molecule has 0 radical (unpaired) electrons. The minimum atomic E-state index is -4.60. The maximum absolute atomic E-state index is 13.1. The van der Waals surface area contributed by atoms with Gasteiger partial charge in [-0.3, -0.25) is 0 Å². The number of alkyl halides is 3. The summed E-state index contributed by atoms with van der Waals surface area (Å²) in [5, 5.41) is 4.06. The molecule has 0 amide bonds. The second-order valence-electron chi connectivity index (χ2n) is 6.65. The number of hydrogen-bond donors (Lipinski definition) is 0. The molecule has 0 aliphatic carbocycles. The van der Waals surface area contributed by atoms with E-state index in [1.807, 2.05) is 0 Å². The molecule has 0 unspecified atom stereocenters. The van der Waals surface area contributed by atoms with Crippen molar-refractivity contribution in [2.24, 2.45) is 7.05 Å². The van der Waals surface area contributed by atoms with Crippen molar-refractivity contribution < 1.29 is 26.3 Å². The third kappa shape index (κ3) is 3.66. The van der Waals surface area contributed by atoms with Gasteiger partial charge in [-0.05, 0) is 18.2 Å². The number of halogens is 3. The highest BCUT2D eigenvalue weighted by molar-refractivity contribution is 7.91. The lowest BCUT2D eigenvalue weighted by molar-refractivity contribution is -0.137. The third-order valence-electron chi connectivity index (χ3n) is 4.69. The molecule has 168 valence electrons. The number of ether oxygens (including phenoxy) is 1. The summed E-state index contributed by atoms with van der Waals surface area (Å²) in [6.07, 6.45) is -2.58. The van der Waals surface area contributed by atoms with E-state index in [2.05, 4.69) is 25.0 Å². The van der Waals surface area contributed by atoms with E-state index in [9.17, 15) is 21.6 Å². The summed E-state index contributed by atoms with van der Waals surface area (Å²) in [4.78, 5) is 16.3. The van der Waals surface area contributed by atoms with Crippen LogP contribution < -0.4 is 4.74 Å². The van der Waals surface area contributed by atoms with Crippen LogP contribution in [-0.2, 0) is 23.1 Å². The lowest BCUT2D eigenvalue weighted by Gasteiger charge is -2.10. The summed E-state index contributed by atoms with van der Waals surface area (Å²) in [6.45, 7) is 1.47. The number of hydrogen-bond acceptors (Lipinski definition) is 8. The van der Waals surface area contributed by atoms with Gasteiger partial charge in [0.05, 0.1) is 23.3 Å². The Morgan fingerprint density at radius 1 is 1.16 bits per heavy atom. The summed E-state index contributed by atoms with van der Waals surface area (Å²) < 4.78 is 72.3. The molecule has 0 aliphatic rings. The van der Waals surface area contributed by atoms with Gasteiger partial charge in [-0.1, -0.05) is 6.92 Å². The van der Waals surface area contributed by atoms with Crippen LogP contribution in [0.15, 0.2) is 35.6 Å². The van der Waals surface area contributed by atoms with Crippen LogP contribution in [0.25, 0.3) is 28.5 Å². The molecule has 0 aromatic carbocycles. The summed E-state index contributed by atoms with van der Waals surface area (Å²) in [5.41, 5.74) is -0.922. The largest absolute Gasteiger partial charge is 0.466 e. The lowest BCUT2D eigenvalue weighted by Crippen LogP contribution is -2.11. The number of pyridine rings is 2. The van der Waals surface area contributed by atoms with Crippen molar-refractivity contribution in [1.82, 2.24) is 34.3 Å². The summed E-state index contributed by atoms with van der Waals surface area (Å²) >= 11 is 0. The Bertz CT molecular complexity index is 1430. The fourth-order valence-electron chi connectivity index (χ4n) is 3.02. The van der Waals surface area contributed by atoms with Crippen LogP contribution in [-0.4, -0.2) is 55.6 Å². The number of aryl methyl sites for hydroxylation is 1. The van der Waals surface area contributed by atoms with E-state index >= 15 is 0 Å². The fraction of sp³-hybridized carbons (Fsp3) is 0.278. The molecule has 14 heteroatoms. The molecule has 0 saturated carbocycles. The van der Waals surface area contributed by atoms with Crippen LogP contribution in [0.2, 0.25) is 0 Å². The van der Waals surface area contributed by atoms with Gasteiger partial charge >= 0.3 is 12.2 Å². The van der Waals surface area contributed by atoms with Crippen LogP contribution in [0.3, 0.4) is 0 Å². The van der Waals surface area contributed by atoms with E-state index in [-0.39, 0.29) is 45.2 Å². The van der Waals surface area contributed by atoms with Gasteiger partial charge in [-0.15, -0.1) is 5.10 Å². The predicted octanol–water partition coefficient (Wildman–Crippen LogP) is 2.43. The molecule has 4 aromatic rings. The highest BCUT2D eigenvalue weighted by Gasteiger charge is 2.32. The molecule has 4 rings (SSSR count). The molecule has 4 heterocycles. The molecule has 0 N–H and O–H groups in total. The van der Waals surface area contributed by atoms with E-state index in [0.717, 1.165) is 6.07 Å². The SMILES string of the molecule is CCS(=O)(=O)c1ccc(-n2cnc(OC)n2)nc1-c1nc2cc(C(F)(F)F)cnc2n1C. The van der Waals surface area contributed by atoms with Gasteiger partial charge in [0.25, 0.3) is 0 Å². The van der Waals surface area contributed by atoms with Gasteiger partial charge in [0.15, 0.2) is 27.1 Å². The zero-order valence-electron chi connectivity index (χ0n) is 17.0. The average molecular weight is 467 g/mol. The van der Waals surface area contributed by atoms with Gasteiger partial charge in [0.2, 0.25) is 0 Å². The zero-order valence-corrected chi connectivity index (χ0v) is 17.8. The van der Waals surface area contributed by atoms with Crippen molar-refractivity contribution in [2.75, 3.05) is 12.9 Å². The quantitative estimate of drug-likeness (QED) is 0.439. The number of sulfone groups is 1. The second-order valence-corrected chi connectivity index (χ2v) is 8.90. The van der Waals surface area contributed by atoms with E-state index in [1.54, 1.807) is 0 Å². The van der Waals surface area contributed by atoms with Crippen molar-refractivity contribution in [3.05, 3.63) is 36.3 Å². The Morgan fingerprint density at radius 3 is 2.53 bits per heavy atom. The van der Waals surface area contributed by atoms with Crippen LogP contribution in [0.5, 0.6) is 6.01 Å². The summed E-state index contributed by atoms with van der Waals surface area (Å²) in [6, 6.07) is 3.71. The second kappa shape index (κ2) is 7.55. The van der Waals surface area contributed by atoms with E-state index in [1.165, 1.54) is 48.8 Å². The Labute approximate surface area is 179 Å². The van der Waals surface area contributed by atoms with Crippen molar-refractivity contribution in [2.45, 2.75) is 18.0 Å². The molecule has 10 nitrogen and oxygen atoms in total. The Kier molecular flexibility index (Phi) is 5.11. The molecule has 0 saturated heterocycles. The van der Waals surface area contributed by atoms with Gasteiger partial charge in [0, 0.05) is 13.2 Å².